The molecule has 1 saturated heterocycles. The van der Waals surface area contributed by atoms with E-state index in [9.17, 15) is 18.0 Å². The summed E-state index contributed by atoms with van der Waals surface area (Å²) in [4.78, 5) is 25.4. The average Bonchev–Trinajstić information content (AvgIpc) is 3.02. The molecule has 22 heavy (non-hydrogen) atoms. The van der Waals surface area contributed by atoms with Crippen LogP contribution in [0.2, 0.25) is 0 Å². The average molecular weight is 322 g/mol. The number of fused-ring (bicyclic) bond motifs is 1. The molecule has 1 fully saturated rings. The number of imide groups is 1. The maximum absolute atomic E-state index is 12.3. The highest BCUT2D eigenvalue weighted by atomic mass is 32.2. The quantitative estimate of drug-likeness (QED) is 0.774. The van der Waals surface area contributed by atoms with Crippen molar-refractivity contribution in [2.45, 2.75) is 13.3 Å². The summed E-state index contributed by atoms with van der Waals surface area (Å²) in [7, 11) is -3.43. The molecule has 0 spiro atoms. The molecule has 2 amide bonds. The van der Waals surface area contributed by atoms with Gasteiger partial charge in [0.1, 0.15) is 0 Å². The molecule has 0 N–H and O–H groups in total. The summed E-state index contributed by atoms with van der Waals surface area (Å²) in [6.07, 6.45) is 0.853. The van der Waals surface area contributed by atoms with Crippen LogP contribution in [0.4, 0.5) is 0 Å². The van der Waals surface area contributed by atoms with Crippen molar-refractivity contribution in [3.8, 4) is 0 Å². The molecule has 0 radical (unpaired) electrons. The monoisotopic (exact) mass is 322 g/mol. The van der Waals surface area contributed by atoms with Crippen molar-refractivity contribution in [1.82, 2.24) is 9.21 Å². The van der Waals surface area contributed by atoms with Crippen molar-refractivity contribution in [1.29, 1.82) is 0 Å². The van der Waals surface area contributed by atoms with Crippen LogP contribution >= 0.6 is 0 Å². The van der Waals surface area contributed by atoms with E-state index in [1.807, 2.05) is 6.92 Å². The van der Waals surface area contributed by atoms with Crippen LogP contribution in [-0.4, -0.2) is 54.8 Å². The molecule has 0 bridgehead atoms. The lowest BCUT2D eigenvalue weighted by Crippen LogP contribution is -2.39. The van der Waals surface area contributed by atoms with E-state index in [2.05, 4.69) is 0 Å². The molecule has 1 unspecified atom stereocenters. The zero-order valence-corrected chi connectivity index (χ0v) is 13.2. The Balaban J connectivity index is 1.70. The fraction of sp³-hybridized carbons (Fsp3) is 0.467. The van der Waals surface area contributed by atoms with Crippen LogP contribution in [0.5, 0.6) is 0 Å². The van der Waals surface area contributed by atoms with E-state index >= 15 is 0 Å². The number of benzene rings is 1. The van der Waals surface area contributed by atoms with Crippen molar-refractivity contribution in [3.63, 3.8) is 0 Å². The van der Waals surface area contributed by atoms with E-state index < -0.39 is 21.8 Å². The highest BCUT2D eigenvalue weighted by molar-refractivity contribution is 7.89. The molecule has 1 atom stereocenters. The number of hydrogen-bond donors (Lipinski definition) is 0. The van der Waals surface area contributed by atoms with Crippen molar-refractivity contribution < 1.29 is 18.0 Å². The third-order valence-electron chi connectivity index (χ3n) is 4.23. The van der Waals surface area contributed by atoms with E-state index in [1.54, 1.807) is 24.3 Å². The van der Waals surface area contributed by atoms with Gasteiger partial charge in [0.05, 0.1) is 16.9 Å². The van der Waals surface area contributed by atoms with E-state index in [1.165, 1.54) is 4.31 Å². The van der Waals surface area contributed by atoms with Gasteiger partial charge in [-0.05, 0) is 24.5 Å². The lowest BCUT2D eigenvalue weighted by atomic mass is 10.1. The van der Waals surface area contributed by atoms with Crippen molar-refractivity contribution >= 4 is 21.8 Å². The lowest BCUT2D eigenvalue weighted by Gasteiger charge is -2.19. The third-order valence-corrected chi connectivity index (χ3v) is 6.05. The summed E-state index contributed by atoms with van der Waals surface area (Å²) in [5.41, 5.74) is 0.694. The SMILES string of the molecule is CC1CCN(S(=O)(=O)CCN2C(=O)c3ccccc3C2=O)C1. The van der Waals surface area contributed by atoms with Crippen LogP contribution in [0, 0.1) is 5.92 Å². The normalized spacial score (nSPS) is 22.4. The highest BCUT2D eigenvalue weighted by Crippen LogP contribution is 2.23. The molecular weight excluding hydrogens is 304 g/mol. The smallest absolute Gasteiger partial charge is 0.261 e. The number of sulfonamides is 1. The highest BCUT2D eigenvalue weighted by Gasteiger charge is 2.37. The first-order valence-corrected chi connectivity index (χ1v) is 8.94. The Morgan fingerprint density at radius 1 is 1.14 bits per heavy atom. The van der Waals surface area contributed by atoms with Crippen LogP contribution in [0.1, 0.15) is 34.1 Å². The lowest BCUT2D eigenvalue weighted by molar-refractivity contribution is 0.0664. The predicted octanol–water partition coefficient (Wildman–Crippen LogP) is 0.954. The minimum atomic E-state index is -3.43. The summed E-state index contributed by atoms with van der Waals surface area (Å²) < 4.78 is 26.1. The Morgan fingerprint density at radius 2 is 1.73 bits per heavy atom. The fourth-order valence-electron chi connectivity index (χ4n) is 2.93. The molecule has 1 aromatic rings. The van der Waals surface area contributed by atoms with Crippen LogP contribution in [0.15, 0.2) is 24.3 Å². The van der Waals surface area contributed by atoms with Crippen molar-refractivity contribution in [2.75, 3.05) is 25.4 Å². The van der Waals surface area contributed by atoms with E-state index in [0.29, 0.717) is 30.1 Å². The van der Waals surface area contributed by atoms with Crippen LogP contribution < -0.4 is 0 Å². The summed E-state index contributed by atoms with van der Waals surface area (Å²) in [6.45, 7) is 2.95. The minimum absolute atomic E-state index is 0.0977. The first kappa shape index (κ1) is 15.2. The number of hydrogen-bond acceptors (Lipinski definition) is 4. The van der Waals surface area contributed by atoms with E-state index in [4.69, 9.17) is 0 Å². The Morgan fingerprint density at radius 3 is 2.23 bits per heavy atom. The Bertz CT molecular complexity index is 694. The number of amides is 2. The van der Waals surface area contributed by atoms with Gasteiger partial charge in [0.25, 0.3) is 11.8 Å². The second kappa shape index (κ2) is 5.48. The molecule has 1 aromatic carbocycles. The second-order valence-electron chi connectivity index (χ2n) is 5.88. The van der Waals surface area contributed by atoms with Gasteiger partial charge >= 0.3 is 0 Å². The summed E-state index contributed by atoms with van der Waals surface area (Å²) in [6, 6.07) is 6.56. The molecule has 2 aliphatic heterocycles. The Kier molecular flexibility index (Phi) is 3.78. The number of carbonyl (C=O) groups is 2. The number of rotatable bonds is 4. The summed E-state index contributed by atoms with van der Waals surface area (Å²) in [5.74, 6) is -0.684. The van der Waals surface area contributed by atoms with Crippen molar-refractivity contribution in [2.24, 2.45) is 5.92 Å². The van der Waals surface area contributed by atoms with Gasteiger partial charge in [0.2, 0.25) is 10.0 Å². The standard InChI is InChI=1S/C15H18N2O4S/c1-11-6-7-16(10-11)22(20,21)9-8-17-14(18)12-4-2-3-5-13(12)15(17)19/h2-5,11H,6-10H2,1H3. The van der Waals surface area contributed by atoms with Crippen LogP contribution in [0.25, 0.3) is 0 Å². The summed E-state index contributed by atoms with van der Waals surface area (Å²) in [5, 5.41) is 0. The molecule has 0 aromatic heterocycles. The first-order chi connectivity index (χ1) is 10.4. The third kappa shape index (κ3) is 2.55. The maximum Gasteiger partial charge on any atom is 0.261 e. The molecule has 118 valence electrons. The van der Waals surface area contributed by atoms with Gasteiger partial charge in [-0.1, -0.05) is 19.1 Å². The molecule has 2 heterocycles. The van der Waals surface area contributed by atoms with Crippen LogP contribution in [-0.2, 0) is 10.0 Å². The van der Waals surface area contributed by atoms with Gasteiger partial charge < -0.3 is 0 Å². The molecular formula is C15H18N2O4S. The molecule has 6 nitrogen and oxygen atoms in total. The molecule has 7 heteroatoms. The van der Waals surface area contributed by atoms with E-state index in [-0.39, 0.29) is 12.3 Å². The maximum atomic E-state index is 12.3. The predicted molar refractivity (Wildman–Crippen MR) is 80.9 cm³/mol. The van der Waals surface area contributed by atoms with Crippen LogP contribution in [0.3, 0.4) is 0 Å². The topological polar surface area (TPSA) is 74.8 Å². The minimum Gasteiger partial charge on any atom is -0.273 e. The first-order valence-electron chi connectivity index (χ1n) is 7.33. The second-order valence-corrected chi connectivity index (χ2v) is 7.96. The van der Waals surface area contributed by atoms with E-state index in [0.717, 1.165) is 11.3 Å². The molecule has 0 aliphatic carbocycles. The molecule has 3 rings (SSSR count). The summed E-state index contributed by atoms with van der Waals surface area (Å²) >= 11 is 0. The van der Waals surface area contributed by atoms with Gasteiger partial charge in [-0.25, -0.2) is 12.7 Å². The zero-order valence-electron chi connectivity index (χ0n) is 12.4. The van der Waals surface area contributed by atoms with Gasteiger partial charge in [-0.15, -0.1) is 0 Å². The Hall–Kier alpha value is -1.73. The van der Waals surface area contributed by atoms with Gasteiger partial charge in [0, 0.05) is 19.6 Å². The Labute approximate surface area is 129 Å². The fourth-order valence-corrected chi connectivity index (χ4v) is 4.46. The largest absolute Gasteiger partial charge is 0.273 e. The van der Waals surface area contributed by atoms with Crippen molar-refractivity contribution in [3.05, 3.63) is 35.4 Å². The van der Waals surface area contributed by atoms with Gasteiger partial charge in [0.15, 0.2) is 0 Å². The number of carbonyl (C=O) groups excluding carboxylic acids is 2. The van der Waals surface area contributed by atoms with Gasteiger partial charge in [-0.2, -0.15) is 0 Å². The molecule has 2 aliphatic rings. The molecule has 0 saturated carbocycles. The zero-order chi connectivity index (χ0) is 15.9. The van der Waals surface area contributed by atoms with Gasteiger partial charge in [-0.3, -0.25) is 14.5 Å². The number of nitrogens with zero attached hydrogens (tertiary/aromatic N) is 2.